The summed E-state index contributed by atoms with van der Waals surface area (Å²) in [4.78, 5) is 0. The average Bonchev–Trinajstić information content (AvgIpc) is 2.19. The first-order valence-corrected chi connectivity index (χ1v) is 2.06. The molecule has 0 amide bonds. The van der Waals surface area contributed by atoms with Crippen molar-refractivity contribution < 1.29 is 4.39 Å². The van der Waals surface area contributed by atoms with Crippen molar-refractivity contribution in [1.29, 1.82) is 0 Å². The minimum Gasteiger partial charge on any atom is -0.265 e. The van der Waals surface area contributed by atoms with Crippen molar-refractivity contribution in [3.05, 3.63) is 18.2 Å². The Morgan fingerprint density at radius 1 is 1.75 bits per heavy atom. The Morgan fingerprint density at radius 3 is 3.12 bits per heavy atom. The van der Waals surface area contributed by atoms with E-state index in [1.165, 1.54) is 12.3 Å². The van der Waals surface area contributed by atoms with Crippen molar-refractivity contribution >= 4 is 6.08 Å². The first-order chi connectivity index (χ1) is 3.93. The summed E-state index contributed by atoms with van der Waals surface area (Å²) >= 11 is 0. The summed E-state index contributed by atoms with van der Waals surface area (Å²) in [7, 11) is 0. The molecule has 0 aliphatic heterocycles. The van der Waals surface area contributed by atoms with E-state index in [9.17, 15) is 4.39 Å². The van der Waals surface area contributed by atoms with Crippen LogP contribution in [0.25, 0.3) is 6.08 Å². The maximum atomic E-state index is 11.3. The average molecular weight is 113 g/mol. The number of halogens is 1. The van der Waals surface area contributed by atoms with E-state index in [1.807, 2.05) is 0 Å². The summed E-state index contributed by atoms with van der Waals surface area (Å²) in [5.74, 6) is 0. The number of H-pyrrole nitrogens is 1. The summed E-state index contributed by atoms with van der Waals surface area (Å²) in [5, 5.41) is 9.26. The van der Waals surface area contributed by atoms with Gasteiger partial charge in [0.05, 0.1) is 6.33 Å². The molecule has 1 heterocycles. The van der Waals surface area contributed by atoms with Gasteiger partial charge < -0.3 is 0 Å². The highest BCUT2D eigenvalue weighted by atomic mass is 19.1. The Morgan fingerprint density at radius 2 is 2.62 bits per heavy atom. The molecule has 0 bridgehead atoms. The fraction of sp³-hybridized carbons (Fsp3) is 0. The number of aromatic nitrogens is 3. The van der Waals surface area contributed by atoms with Gasteiger partial charge in [-0.05, 0) is 6.08 Å². The van der Waals surface area contributed by atoms with Crippen molar-refractivity contribution in [3.8, 4) is 0 Å². The molecule has 0 atom stereocenters. The van der Waals surface area contributed by atoms with Crippen LogP contribution in [0.5, 0.6) is 0 Å². The number of nitrogens with one attached hydrogen (secondary N) is 1. The summed E-state index contributed by atoms with van der Waals surface area (Å²) in [6, 6.07) is 0. The third kappa shape index (κ3) is 0.900. The molecule has 0 unspecified atom stereocenters. The van der Waals surface area contributed by atoms with Crippen molar-refractivity contribution in [1.82, 2.24) is 15.4 Å². The highest BCUT2D eigenvalue weighted by molar-refractivity contribution is 5.39. The van der Waals surface area contributed by atoms with Crippen LogP contribution in [0.2, 0.25) is 0 Å². The second-order valence-electron chi connectivity index (χ2n) is 1.19. The lowest BCUT2D eigenvalue weighted by Crippen LogP contribution is -1.68. The van der Waals surface area contributed by atoms with Gasteiger partial charge >= 0.3 is 0 Å². The SMILES string of the molecule is FC=Cc1c[nH]nn1. The van der Waals surface area contributed by atoms with Crippen LogP contribution in [-0.4, -0.2) is 15.4 Å². The Kier molecular flexibility index (Phi) is 1.37. The number of hydrogen-bond donors (Lipinski definition) is 1. The minimum absolute atomic E-state index is 0.415. The highest BCUT2D eigenvalue weighted by Gasteiger charge is 1.83. The minimum atomic E-state index is 0.415. The number of aromatic amines is 1. The molecule has 0 aliphatic rings. The zero-order valence-corrected chi connectivity index (χ0v) is 4.00. The van der Waals surface area contributed by atoms with E-state index < -0.39 is 0 Å². The van der Waals surface area contributed by atoms with E-state index in [0.29, 0.717) is 12.0 Å². The predicted molar refractivity (Wildman–Crippen MR) is 26.5 cm³/mol. The van der Waals surface area contributed by atoms with Gasteiger partial charge in [-0.2, -0.15) is 0 Å². The quantitative estimate of drug-likeness (QED) is 0.583. The van der Waals surface area contributed by atoms with Gasteiger partial charge in [0.2, 0.25) is 0 Å². The Hall–Kier alpha value is -1.19. The van der Waals surface area contributed by atoms with Crippen molar-refractivity contribution in [2.75, 3.05) is 0 Å². The summed E-state index contributed by atoms with van der Waals surface area (Å²) in [6.07, 6.45) is 3.12. The second kappa shape index (κ2) is 2.20. The maximum Gasteiger partial charge on any atom is 0.107 e. The molecule has 0 aliphatic carbocycles. The molecule has 0 radical (unpaired) electrons. The molecule has 0 saturated heterocycles. The second-order valence-corrected chi connectivity index (χ2v) is 1.19. The van der Waals surface area contributed by atoms with Gasteiger partial charge in [0.25, 0.3) is 0 Å². The van der Waals surface area contributed by atoms with Crippen LogP contribution in [0, 0.1) is 0 Å². The van der Waals surface area contributed by atoms with Crippen LogP contribution < -0.4 is 0 Å². The largest absolute Gasteiger partial charge is 0.265 e. The molecule has 1 rings (SSSR count). The highest BCUT2D eigenvalue weighted by Crippen LogP contribution is 1.90. The lowest BCUT2D eigenvalue weighted by atomic mass is 10.5. The molecule has 0 saturated carbocycles. The molecule has 0 aromatic carbocycles. The summed E-state index contributed by atoms with van der Waals surface area (Å²) in [6.45, 7) is 0. The van der Waals surface area contributed by atoms with Gasteiger partial charge in [-0.15, -0.1) is 5.10 Å². The van der Waals surface area contributed by atoms with Crippen molar-refractivity contribution in [2.45, 2.75) is 0 Å². The fourth-order valence-corrected chi connectivity index (χ4v) is 0.356. The zero-order chi connectivity index (χ0) is 5.82. The van der Waals surface area contributed by atoms with E-state index >= 15 is 0 Å². The Labute approximate surface area is 45.2 Å². The maximum absolute atomic E-state index is 11.3. The molecule has 1 aromatic rings. The van der Waals surface area contributed by atoms with Gasteiger partial charge in [0.1, 0.15) is 5.69 Å². The molecule has 42 valence electrons. The van der Waals surface area contributed by atoms with E-state index in [-0.39, 0.29) is 0 Å². The molecule has 1 N–H and O–H groups in total. The van der Waals surface area contributed by atoms with E-state index in [1.54, 1.807) is 0 Å². The lowest BCUT2D eigenvalue weighted by Gasteiger charge is -1.69. The number of rotatable bonds is 1. The molecular formula is C4H4FN3. The third-order valence-corrected chi connectivity index (χ3v) is 0.669. The monoisotopic (exact) mass is 113 g/mol. The number of hydrogen-bond acceptors (Lipinski definition) is 2. The van der Waals surface area contributed by atoms with Crippen LogP contribution in [0.15, 0.2) is 12.5 Å². The third-order valence-electron chi connectivity index (χ3n) is 0.669. The molecule has 3 nitrogen and oxygen atoms in total. The first-order valence-electron chi connectivity index (χ1n) is 2.06. The lowest BCUT2D eigenvalue weighted by molar-refractivity contribution is 0.727. The molecule has 1 aromatic heterocycles. The van der Waals surface area contributed by atoms with Gasteiger partial charge in [-0.3, -0.25) is 5.10 Å². The van der Waals surface area contributed by atoms with Gasteiger partial charge in [-0.25, -0.2) is 4.39 Å². The summed E-state index contributed by atoms with van der Waals surface area (Å²) < 4.78 is 11.3. The fourth-order valence-electron chi connectivity index (χ4n) is 0.356. The first kappa shape index (κ1) is 4.96. The smallest absolute Gasteiger partial charge is 0.107 e. The Bertz CT molecular complexity index is 167. The Balaban J connectivity index is 2.77. The van der Waals surface area contributed by atoms with Crippen LogP contribution in [0.1, 0.15) is 5.69 Å². The van der Waals surface area contributed by atoms with Crippen LogP contribution in [-0.2, 0) is 0 Å². The normalized spacial score (nSPS) is 10.6. The van der Waals surface area contributed by atoms with Crippen LogP contribution >= 0.6 is 0 Å². The summed E-state index contributed by atoms with van der Waals surface area (Å²) in [5.41, 5.74) is 0.493. The molecular weight excluding hydrogens is 109 g/mol. The van der Waals surface area contributed by atoms with Gasteiger partial charge in [0.15, 0.2) is 0 Å². The predicted octanol–water partition coefficient (Wildman–Crippen LogP) is 0.745. The van der Waals surface area contributed by atoms with E-state index in [0.717, 1.165) is 0 Å². The standard InChI is InChI=1S/C4H4FN3/c5-2-1-4-3-6-8-7-4/h1-3H,(H,6,7,8). The van der Waals surface area contributed by atoms with Crippen LogP contribution in [0.3, 0.4) is 0 Å². The van der Waals surface area contributed by atoms with Crippen molar-refractivity contribution in [2.24, 2.45) is 0 Å². The number of nitrogens with zero attached hydrogens (tertiary/aromatic N) is 2. The van der Waals surface area contributed by atoms with Gasteiger partial charge in [0, 0.05) is 6.20 Å². The topological polar surface area (TPSA) is 41.6 Å². The molecule has 0 fully saturated rings. The molecule has 8 heavy (non-hydrogen) atoms. The van der Waals surface area contributed by atoms with Crippen LogP contribution in [0.4, 0.5) is 4.39 Å². The molecule has 0 spiro atoms. The van der Waals surface area contributed by atoms with E-state index in [2.05, 4.69) is 15.4 Å². The van der Waals surface area contributed by atoms with Crippen molar-refractivity contribution in [3.63, 3.8) is 0 Å². The molecule has 4 heteroatoms. The van der Waals surface area contributed by atoms with Gasteiger partial charge in [-0.1, -0.05) is 5.21 Å². The zero-order valence-electron chi connectivity index (χ0n) is 4.00. The van der Waals surface area contributed by atoms with E-state index in [4.69, 9.17) is 0 Å².